The number of rotatable bonds is 8. The molecule has 0 unspecified atom stereocenters. The molecule has 7 heteroatoms. The lowest BCUT2D eigenvalue weighted by molar-refractivity contribution is -0.121. The lowest BCUT2D eigenvalue weighted by atomic mass is 10.2. The highest BCUT2D eigenvalue weighted by Gasteiger charge is 2.07. The van der Waals surface area contributed by atoms with Gasteiger partial charge in [0.1, 0.15) is 0 Å². The van der Waals surface area contributed by atoms with Crippen LogP contribution >= 0.6 is 27.7 Å². The van der Waals surface area contributed by atoms with Crippen LogP contribution in [0.1, 0.15) is 12.8 Å². The Bertz CT molecular complexity index is 976. The van der Waals surface area contributed by atoms with Gasteiger partial charge in [-0.25, -0.2) is 4.98 Å². The van der Waals surface area contributed by atoms with Crippen molar-refractivity contribution < 1.29 is 4.79 Å². The lowest BCUT2D eigenvalue weighted by Gasteiger charge is -2.08. The Hall–Kier alpha value is -2.12. The molecule has 1 aromatic heterocycles. The van der Waals surface area contributed by atoms with Gasteiger partial charge in [-0.3, -0.25) is 14.2 Å². The second-order valence-electron chi connectivity index (χ2n) is 6.02. The molecule has 3 rings (SSSR count). The van der Waals surface area contributed by atoms with Crippen molar-refractivity contribution in [3.8, 4) is 0 Å². The highest BCUT2D eigenvalue weighted by Crippen LogP contribution is 2.17. The largest absolute Gasteiger partial charge is 0.356 e. The molecule has 0 radical (unpaired) electrons. The SMILES string of the molecule is O=C(CCn1cnc2ccc(Br)cc2c1=O)NCCCSc1ccccc1. The first-order valence-electron chi connectivity index (χ1n) is 8.73. The van der Waals surface area contributed by atoms with Crippen LogP contribution in [0.2, 0.25) is 0 Å². The smallest absolute Gasteiger partial charge is 0.261 e. The summed E-state index contributed by atoms with van der Waals surface area (Å²) in [6.07, 6.45) is 2.66. The zero-order chi connectivity index (χ0) is 19.1. The lowest BCUT2D eigenvalue weighted by Crippen LogP contribution is -2.28. The number of thioether (sulfide) groups is 1. The zero-order valence-electron chi connectivity index (χ0n) is 14.7. The fourth-order valence-corrected chi connectivity index (χ4v) is 3.84. The van der Waals surface area contributed by atoms with Gasteiger partial charge in [0.15, 0.2) is 0 Å². The Balaban J connectivity index is 1.43. The van der Waals surface area contributed by atoms with Gasteiger partial charge in [-0.05, 0) is 42.5 Å². The molecule has 140 valence electrons. The van der Waals surface area contributed by atoms with Gasteiger partial charge in [-0.2, -0.15) is 0 Å². The molecule has 0 spiro atoms. The van der Waals surface area contributed by atoms with E-state index in [4.69, 9.17) is 0 Å². The maximum atomic E-state index is 12.5. The van der Waals surface area contributed by atoms with Crippen LogP contribution in [0.25, 0.3) is 10.9 Å². The maximum absolute atomic E-state index is 12.5. The number of hydrogen-bond acceptors (Lipinski definition) is 4. The van der Waals surface area contributed by atoms with Crippen molar-refractivity contribution in [2.45, 2.75) is 24.3 Å². The third-order valence-electron chi connectivity index (χ3n) is 4.02. The summed E-state index contributed by atoms with van der Waals surface area (Å²) in [4.78, 5) is 30.0. The summed E-state index contributed by atoms with van der Waals surface area (Å²) in [5.41, 5.74) is 0.521. The van der Waals surface area contributed by atoms with E-state index in [1.54, 1.807) is 23.9 Å². The molecule has 0 bridgehead atoms. The van der Waals surface area contributed by atoms with Crippen LogP contribution in [-0.4, -0.2) is 27.8 Å². The van der Waals surface area contributed by atoms with Crippen molar-refractivity contribution in [3.05, 3.63) is 69.7 Å². The monoisotopic (exact) mass is 445 g/mol. The Labute approximate surface area is 170 Å². The molecule has 0 atom stereocenters. The number of benzene rings is 2. The van der Waals surface area contributed by atoms with Gasteiger partial charge in [0.05, 0.1) is 17.2 Å². The number of nitrogens with zero attached hydrogens (tertiary/aromatic N) is 2. The summed E-state index contributed by atoms with van der Waals surface area (Å²) >= 11 is 5.15. The van der Waals surface area contributed by atoms with Gasteiger partial charge in [0.2, 0.25) is 5.91 Å². The normalized spacial score (nSPS) is 10.9. The zero-order valence-corrected chi connectivity index (χ0v) is 17.1. The molecule has 27 heavy (non-hydrogen) atoms. The third kappa shape index (κ3) is 5.68. The predicted octanol–water partition coefficient (Wildman–Crippen LogP) is 3.85. The third-order valence-corrected chi connectivity index (χ3v) is 5.61. The molecular weight excluding hydrogens is 426 g/mol. The quantitative estimate of drug-likeness (QED) is 0.422. The topological polar surface area (TPSA) is 64.0 Å². The number of carbonyl (C=O) groups excluding carboxylic acids is 1. The first-order valence-corrected chi connectivity index (χ1v) is 10.5. The Morgan fingerprint density at radius 1 is 1.19 bits per heavy atom. The highest BCUT2D eigenvalue weighted by atomic mass is 79.9. The molecule has 0 aliphatic carbocycles. The minimum atomic E-state index is -0.131. The van der Waals surface area contributed by atoms with Gasteiger partial charge >= 0.3 is 0 Å². The van der Waals surface area contributed by atoms with Crippen LogP contribution < -0.4 is 10.9 Å². The van der Waals surface area contributed by atoms with E-state index in [0.717, 1.165) is 16.6 Å². The molecule has 0 aliphatic rings. The Kier molecular flexibility index (Phi) is 7.06. The van der Waals surface area contributed by atoms with Crippen LogP contribution in [0.15, 0.2) is 69.0 Å². The second kappa shape index (κ2) is 9.71. The van der Waals surface area contributed by atoms with Gasteiger partial charge in [-0.15, -0.1) is 11.8 Å². The average Bonchev–Trinajstić information content (AvgIpc) is 2.68. The molecule has 0 saturated heterocycles. The van der Waals surface area contributed by atoms with E-state index in [1.165, 1.54) is 15.8 Å². The summed E-state index contributed by atoms with van der Waals surface area (Å²) in [6, 6.07) is 15.6. The summed E-state index contributed by atoms with van der Waals surface area (Å²) < 4.78 is 2.32. The molecule has 1 N–H and O–H groups in total. The summed E-state index contributed by atoms with van der Waals surface area (Å²) in [6.45, 7) is 0.954. The maximum Gasteiger partial charge on any atom is 0.261 e. The number of aryl methyl sites for hydroxylation is 1. The van der Waals surface area contributed by atoms with Crippen LogP contribution in [-0.2, 0) is 11.3 Å². The Morgan fingerprint density at radius 3 is 2.81 bits per heavy atom. The molecule has 1 amide bonds. The van der Waals surface area contributed by atoms with Crippen molar-refractivity contribution in [1.82, 2.24) is 14.9 Å². The molecule has 5 nitrogen and oxygen atoms in total. The number of carbonyl (C=O) groups is 1. The number of aromatic nitrogens is 2. The summed E-state index contributed by atoms with van der Waals surface area (Å²) in [5, 5.41) is 3.46. The fraction of sp³-hybridized carbons (Fsp3) is 0.250. The molecular formula is C20H20BrN3O2S. The van der Waals surface area contributed by atoms with E-state index < -0.39 is 0 Å². The molecule has 3 aromatic rings. The van der Waals surface area contributed by atoms with E-state index in [9.17, 15) is 9.59 Å². The van der Waals surface area contributed by atoms with Crippen molar-refractivity contribution in [1.29, 1.82) is 0 Å². The number of nitrogens with one attached hydrogen (secondary N) is 1. The highest BCUT2D eigenvalue weighted by molar-refractivity contribution is 9.10. The molecule has 0 aliphatic heterocycles. The van der Waals surface area contributed by atoms with Crippen molar-refractivity contribution in [3.63, 3.8) is 0 Å². The van der Waals surface area contributed by atoms with Gasteiger partial charge in [0, 0.05) is 28.9 Å². The first-order chi connectivity index (χ1) is 13.1. The fourth-order valence-electron chi connectivity index (χ4n) is 2.61. The van der Waals surface area contributed by atoms with E-state index in [0.29, 0.717) is 24.0 Å². The minimum absolute atomic E-state index is 0.0547. The van der Waals surface area contributed by atoms with E-state index in [1.807, 2.05) is 24.3 Å². The van der Waals surface area contributed by atoms with Crippen molar-refractivity contribution in [2.24, 2.45) is 0 Å². The number of hydrogen-bond donors (Lipinski definition) is 1. The van der Waals surface area contributed by atoms with Crippen molar-refractivity contribution >= 4 is 44.5 Å². The van der Waals surface area contributed by atoms with Gasteiger partial charge < -0.3 is 5.32 Å². The van der Waals surface area contributed by atoms with Gasteiger partial charge in [-0.1, -0.05) is 34.1 Å². The molecule has 1 heterocycles. The van der Waals surface area contributed by atoms with Crippen molar-refractivity contribution in [2.75, 3.05) is 12.3 Å². The molecule has 2 aromatic carbocycles. The van der Waals surface area contributed by atoms with Crippen LogP contribution in [0.5, 0.6) is 0 Å². The predicted molar refractivity (Wildman–Crippen MR) is 113 cm³/mol. The van der Waals surface area contributed by atoms with Crippen LogP contribution in [0.4, 0.5) is 0 Å². The summed E-state index contributed by atoms with van der Waals surface area (Å²) in [5.74, 6) is 0.897. The van der Waals surface area contributed by atoms with Crippen LogP contribution in [0.3, 0.4) is 0 Å². The number of amides is 1. The average molecular weight is 446 g/mol. The van der Waals surface area contributed by atoms with Gasteiger partial charge in [0.25, 0.3) is 5.56 Å². The standard InChI is InChI=1S/C20H20BrN3O2S/c21-15-7-8-18-17(13-15)20(26)24(14-23-18)11-9-19(25)22-10-4-12-27-16-5-2-1-3-6-16/h1-3,5-8,13-14H,4,9-12H2,(H,22,25). The molecule has 0 saturated carbocycles. The number of fused-ring (bicyclic) bond motifs is 1. The van der Waals surface area contributed by atoms with E-state index in [-0.39, 0.29) is 17.9 Å². The minimum Gasteiger partial charge on any atom is -0.356 e. The second-order valence-corrected chi connectivity index (χ2v) is 8.10. The Morgan fingerprint density at radius 2 is 2.00 bits per heavy atom. The first kappa shape index (κ1) is 19.6. The van der Waals surface area contributed by atoms with E-state index in [2.05, 4.69) is 38.4 Å². The molecule has 0 fully saturated rings. The van der Waals surface area contributed by atoms with Crippen LogP contribution in [0, 0.1) is 0 Å². The summed E-state index contributed by atoms with van der Waals surface area (Å²) in [7, 11) is 0. The van der Waals surface area contributed by atoms with E-state index >= 15 is 0 Å². The number of halogens is 1.